The van der Waals surface area contributed by atoms with Crippen molar-refractivity contribution in [3.63, 3.8) is 0 Å². The standard InChI is InChI=1S/C9H21N3O4S/c1-4-8(9(10)11-13)12-17(14,15)6-5-16-7(2)3/h7-8,12-13H,4-6H2,1-3H3,(H2,10,11). The van der Waals surface area contributed by atoms with Gasteiger partial charge in [0.1, 0.15) is 0 Å². The van der Waals surface area contributed by atoms with Crippen LogP contribution in [0, 0.1) is 0 Å². The summed E-state index contributed by atoms with van der Waals surface area (Å²) in [6.45, 7) is 5.49. The lowest BCUT2D eigenvalue weighted by Crippen LogP contribution is -2.45. The highest BCUT2D eigenvalue weighted by atomic mass is 32.2. The quantitative estimate of drug-likeness (QED) is 0.245. The molecule has 8 heteroatoms. The molecule has 1 atom stereocenters. The molecule has 17 heavy (non-hydrogen) atoms. The number of ether oxygens (including phenoxy) is 1. The van der Waals surface area contributed by atoms with Crippen LogP contribution in [0.4, 0.5) is 0 Å². The van der Waals surface area contributed by atoms with Gasteiger partial charge in [-0.15, -0.1) is 0 Å². The highest BCUT2D eigenvalue weighted by Gasteiger charge is 2.19. The number of rotatable bonds is 8. The van der Waals surface area contributed by atoms with Crippen molar-refractivity contribution < 1.29 is 18.4 Å². The number of hydrogen-bond acceptors (Lipinski definition) is 5. The minimum atomic E-state index is -3.49. The van der Waals surface area contributed by atoms with E-state index in [1.54, 1.807) is 6.92 Å². The van der Waals surface area contributed by atoms with Crippen LogP contribution in [0.3, 0.4) is 0 Å². The number of nitrogens with zero attached hydrogens (tertiary/aromatic N) is 1. The van der Waals surface area contributed by atoms with E-state index < -0.39 is 16.1 Å². The van der Waals surface area contributed by atoms with Crippen LogP contribution in [0.15, 0.2) is 5.16 Å². The van der Waals surface area contributed by atoms with Crippen LogP contribution in [0.25, 0.3) is 0 Å². The summed E-state index contributed by atoms with van der Waals surface area (Å²) in [6, 6.07) is -0.691. The molecule has 0 aromatic carbocycles. The van der Waals surface area contributed by atoms with Crippen molar-refractivity contribution in [2.45, 2.75) is 39.3 Å². The number of sulfonamides is 1. The van der Waals surface area contributed by atoms with Gasteiger partial charge in [0.05, 0.1) is 24.5 Å². The van der Waals surface area contributed by atoms with Crippen LogP contribution in [0.5, 0.6) is 0 Å². The van der Waals surface area contributed by atoms with E-state index in [1.807, 2.05) is 13.8 Å². The second-order valence-corrected chi connectivity index (χ2v) is 5.72. The zero-order valence-corrected chi connectivity index (χ0v) is 11.2. The predicted molar refractivity (Wildman–Crippen MR) is 65.5 cm³/mol. The number of oxime groups is 1. The first-order valence-corrected chi connectivity index (χ1v) is 7.06. The second kappa shape index (κ2) is 7.46. The molecular formula is C9H21N3O4S. The van der Waals surface area contributed by atoms with E-state index in [9.17, 15) is 8.42 Å². The molecule has 0 aromatic rings. The van der Waals surface area contributed by atoms with Gasteiger partial charge in [0.15, 0.2) is 5.84 Å². The third-order valence-electron chi connectivity index (χ3n) is 2.01. The largest absolute Gasteiger partial charge is 0.409 e. The first kappa shape index (κ1) is 16.1. The van der Waals surface area contributed by atoms with E-state index in [-0.39, 0.29) is 24.3 Å². The average molecular weight is 267 g/mol. The Hall–Kier alpha value is -0.860. The van der Waals surface area contributed by atoms with Crippen LogP contribution in [-0.4, -0.2) is 44.0 Å². The van der Waals surface area contributed by atoms with E-state index in [1.165, 1.54) is 0 Å². The molecule has 0 amide bonds. The second-order valence-electron chi connectivity index (χ2n) is 3.84. The van der Waals surface area contributed by atoms with Gasteiger partial charge < -0.3 is 15.7 Å². The molecule has 0 bridgehead atoms. The van der Waals surface area contributed by atoms with Crippen molar-refractivity contribution in [1.82, 2.24) is 4.72 Å². The number of nitrogens with two attached hydrogens (primary N) is 1. The number of amidine groups is 1. The molecule has 0 rings (SSSR count). The molecule has 7 nitrogen and oxygen atoms in total. The van der Waals surface area contributed by atoms with E-state index in [0.29, 0.717) is 6.42 Å². The average Bonchev–Trinajstić information content (AvgIpc) is 2.24. The van der Waals surface area contributed by atoms with Crippen molar-refractivity contribution in [3.8, 4) is 0 Å². The van der Waals surface area contributed by atoms with E-state index in [4.69, 9.17) is 15.7 Å². The third-order valence-corrected chi connectivity index (χ3v) is 3.35. The Morgan fingerprint density at radius 2 is 2.12 bits per heavy atom. The van der Waals surface area contributed by atoms with Crippen LogP contribution >= 0.6 is 0 Å². The SMILES string of the molecule is CCC(NS(=O)(=O)CCOC(C)C)C(N)=NO. The van der Waals surface area contributed by atoms with E-state index in [0.717, 1.165) is 0 Å². The Morgan fingerprint density at radius 1 is 1.53 bits per heavy atom. The fraction of sp³-hybridized carbons (Fsp3) is 0.889. The molecule has 0 heterocycles. The first-order valence-electron chi connectivity index (χ1n) is 5.41. The lowest BCUT2D eigenvalue weighted by Gasteiger charge is -2.15. The molecule has 4 N–H and O–H groups in total. The molecule has 0 aliphatic rings. The topological polar surface area (TPSA) is 114 Å². The smallest absolute Gasteiger partial charge is 0.214 e. The fourth-order valence-electron chi connectivity index (χ4n) is 1.09. The van der Waals surface area contributed by atoms with Gasteiger partial charge >= 0.3 is 0 Å². The summed E-state index contributed by atoms with van der Waals surface area (Å²) in [5.41, 5.74) is 5.35. The van der Waals surface area contributed by atoms with Gasteiger partial charge in [0, 0.05) is 0 Å². The van der Waals surface area contributed by atoms with Crippen molar-refractivity contribution in [3.05, 3.63) is 0 Å². The highest BCUT2D eigenvalue weighted by molar-refractivity contribution is 7.89. The summed E-state index contributed by atoms with van der Waals surface area (Å²) in [5, 5.41) is 11.3. The van der Waals surface area contributed by atoms with Crippen LogP contribution < -0.4 is 10.5 Å². The molecule has 0 saturated heterocycles. The Bertz CT molecular complexity index is 340. The molecular weight excluding hydrogens is 246 g/mol. The molecule has 0 radical (unpaired) electrons. The van der Waals surface area contributed by atoms with E-state index in [2.05, 4.69) is 9.88 Å². The summed E-state index contributed by atoms with van der Waals surface area (Å²) in [4.78, 5) is 0. The summed E-state index contributed by atoms with van der Waals surface area (Å²) >= 11 is 0. The summed E-state index contributed by atoms with van der Waals surface area (Å²) in [5.74, 6) is -0.304. The first-order chi connectivity index (χ1) is 7.82. The zero-order chi connectivity index (χ0) is 13.5. The van der Waals surface area contributed by atoms with Crippen molar-refractivity contribution >= 4 is 15.9 Å². The van der Waals surface area contributed by atoms with Crippen LogP contribution in [0.2, 0.25) is 0 Å². The maximum atomic E-state index is 11.6. The molecule has 0 aliphatic carbocycles. The van der Waals surface area contributed by atoms with Gasteiger partial charge in [0.2, 0.25) is 10.0 Å². The highest BCUT2D eigenvalue weighted by Crippen LogP contribution is 1.97. The Balaban J connectivity index is 4.33. The maximum Gasteiger partial charge on any atom is 0.214 e. The number of hydrogen-bond donors (Lipinski definition) is 3. The summed E-state index contributed by atoms with van der Waals surface area (Å²) < 4.78 is 30.7. The third kappa shape index (κ3) is 7.14. The van der Waals surface area contributed by atoms with Crippen LogP contribution in [0.1, 0.15) is 27.2 Å². The van der Waals surface area contributed by atoms with Crippen molar-refractivity contribution in [1.29, 1.82) is 0 Å². The van der Waals surface area contributed by atoms with Gasteiger partial charge in [-0.25, -0.2) is 13.1 Å². The van der Waals surface area contributed by atoms with Gasteiger partial charge in [-0.3, -0.25) is 0 Å². The number of nitrogens with one attached hydrogen (secondary N) is 1. The van der Waals surface area contributed by atoms with Gasteiger partial charge in [0.25, 0.3) is 0 Å². The molecule has 0 spiro atoms. The van der Waals surface area contributed by atoms with E-state index >= 15 is 0 Å². The van der Waals surface area contributed by atoms with Gasteiger partial charge in [-0.1, -0.05) is 12.1 Å². The molecule has 0 aliphatic heterocycles. The normalized spacial score (nSPS) is 15.2. The minimum absolute atomic E-state index is 0.0174. The monoisotopic (exact) mass is 267 g/mol. The Labute approximate surface area is 102 Å². The minimum Gasteiger partial charge on any atom is -0.409 e. The molecule has 102 valence electrons. The fourth-order valence-corrected chi connectivity index (χ4v) is 2.25. The van der Waals surface area contributed by atoms with Crippen LogP contribution in [-0.2, 0) is 14.8 Å². The summed E-state index contributed by atoms with van der Waals surface area (Å²) in [7, 11) is -3.49. The van der Waals surface area contributed by atoms with Gasteiger partial charge in [-0.2, -0.15) is 0 Å². The maximum absolute atomic E-state index is 11.6. The molecule has 1 unspecified atom stereocenters. The van der Waals surface area contributed by atoms with Crippen molar-refractivity contribution in [2.24, 2.45) is 10.9 Å². The summed E-state index contributed by atoms with van der Waals surface area (Å²) in [6.07, 6.45) is 0.386. The Morgan fingerprint density at radius 3 is 2.53 bits per heavy atom. The van der Waals surface area contributed by atoms with Crippen molar-refractivity contribution in [2.75, 3.05) is 12.4 Å². The predicted octanol–water partition coefficient (Wildman–Crippen LogP) is -0.144. The Kier molecular flexibility index (Phi) is 7.09. The lowest BCUT2D eigenvalue weighted by atomic mass is 10.2. The lowest BCUT2D eigenvalue weighted by molar-refractivity contribution is 0.0911. The zero-order valence-electron chi connectivity index (χ0n) is 10.4. The molecule has 0 saturated carbocycles. The van der Waals surface area contributed by atoms with Gasteiger partial charge in [-0.05, 0) is 20.3 Å². The molecule has 0 aromatic heterocycles. The molecule has 0 fully saturated rings.